The predicted octanol–water partition coefficient (Wildman–Crippen LogP) is 2.96. The van der Waals surface area contributed by atoms with Crippen LogP contribution in [0.25, 0.3) is 0 Å². The highest BCUT2D eigenvalue weighted by Crippen LogP contribution is 2.38. The molecule has 102 valence electrons. The molecule has 0 saturated carbocycles. The molecule has 0 heterocycles. The average molecular weight is 273 g/mol. The summed E-state index contributed by atoms with van der Waals surface area (Å²) in [5, 5.41) is 19.0. The highest BCUT2D eigenvalue weighted by Gasteiger charge is 2.38. The summed E-state index contributed by atoms with van der Waals surface area (Å²) in [6, 6.07) is 4.64. The highest BCUT2D eigenvalue weighted by molar-refractivity contribution is 5.56. The van der Waals surface area contributed by atoms with Crippen molar-refractivity contribution in [2.24, 2.45) is 0 Å². The van der Waals surface area contributed by atoms with Crippen molar-refractivity contribution in [2.75, 3.05) is 18.5 Å². The van der Waals surface area contributed by atoms with Crippen LogP contribution in [0.4, 0.5) is 24.5 Å². The fraction of sp³-hybridized carbons (Fsp3) is 0.364. The Bertz CT molecular complexity index is 523. The number of hydrogen-bond acceptors (Lipinski definition) is 4. The topological polar surface area (TPSA) is 70.2 Å². The first-order chi connectivity index (χ1) is 8.77. The number of benzene rings is 1. The zero-order valence-electron chi connectivity index (χ0n) is 9.94. The lowest BCUT2D eigenvalue weighted by Gasteiger charge is -2.19. The van der Waals surface area contributed by atoms with Gasteiger partial charge >= 0.3 is 6.18 Å². The van der Waals surface area contributed by atoms with Gasteiger partial charge in [0.25, 0.3) is 5.69 Å². The number of rotatable bonds is 4. The minimum Gasteiger partial charge on any atom is -0.374 e. The molecule has 1 aromatic carbocycles. The molecule has 5 nitrogen and oxygen atoms in total. The van der Waals surface area contributed by atoms with Crippen LogP contribution in [0.5, 0.6) is 0 Å². The summed E-state index contributed by atoms with van der Waals surface area (Å²) in [6.07, 6.45) is -4.65. The van der Waals surface area contributed by atoms with Gasteiger partial charge in [0, 0.05) is 25.3 Å². The minimum atomic E-state index is -4.80. The van der Waals surface area contributed by atoms with E-state index >= 15 is 0 Å². The molecule has 0 N–H and O–H groups in total. The Labute approximate surface area is 107 Å². The minimum absolute atomic E-state index is 0.148. The molecule has 0 aliphatic rings. The van der Waals surface area contributed by atoms with Crippen LogP contribution in [0.1, 0.15) is 12.0 Å². The Morgan fingerprint density at radius 3 is 2.58 bits per heavy atom. The molecule has 0 amide bonds. The van der Waals surface area contributed by atoms with Crippen molar-refractivity contribution >= 4 is 11.4 Å². The van der Waals surface area contributed by atoms with E-state index < -0.39 is 22.4 Å². The predicted molar refractivity (Wildman–Crippen MR) is 61.6 cm³/mol. The maximum Gasteiger partial charge on any atom is 0.423 e. The van der Waals surface area contributed by atoms with Crippen molar-refractivity contribution < 1.29 is 18.1 Å². The van der Waals surface area contributed by atoms with Gasteiger partial charge in [-0.15, -0.1) is 0 Å². The lowest BCUT2D eigenvalue weighted by atomic mass is 10.1. The summed E-state index contributed by atoms with van der Waals surface area (Å²) >= 11 is 0. The van der Waals surface area contributed by atoms with Crippen molar-refractivity contribution in [1.29, 1.82) is 5.26 Å². The fourth-order valence-corrected chi connectivity index (χ4v) is 1.49. The van der Waals surface area contributed by atoms with Gasteiger partial charge in [0.15, 0.2) is 0 Å². The number of nitro groups is 1. The van der Waals surface area contributed by atoms with E-state index in [0.717, 1.165) is 12.1 Å². The molecule has 0 aliphatic heterocycles. The van der Waals surface area contributed by atoms with Crippen molar-refractivity contribution in [3.05, 3.63) is 33.9 Å². The van der Waals surface area contributed by atoms with E-state index in [1.807, 2.05) is 6.07 Å². The monoisotopic (exact) mass is 273 g/mol. The SMILES string of the molecule is CN(CCC#N)c1ccc([N+](=O)[O-])c(C(F)(F)F)c1. The number of anilines is 1. The third kappa shape index (κ3) is 3.58. The van der Waals surface area contributed by atoms with Crippen LogP contribution in [-0.4, -0.2) is 18.5 Å². The molecule has 0 fully saturated rings. The summed E-state index contributed by atoms with van der Waals surface area (Å²) in [6.45, 7) is 0.242. The molecule has 0 unspecified atom stereocenters. The molecule has 0 saturated heterocycles. The number of halogens is 3. The number of nitro benzene ring substituents is 1. The Hall–Kier alpha value is -2.30. The second-order valence-corrected chi connectivity index (χ2v) is 3.79. The van der Waals surface area contributed by atoms with Gasteiger partial charge in [0.05, 0.1) is 17.4 Å². The van der Waals surface area contributed by atoms with E-state index in [1.165, 1.54) is 18.0 Å². The van der Waals surface area contributed by atoms with Gasteiger partial charge in [-0.05, 0) is 12.1 Å². The zero-order valence-corrected chi connectivity index (χ0v) is 9.94. The van der Waals surface area contributed by atoms with Crippen LogP contribution in [0.3, 0.4) is 0 Å². The number of hydrogen-bond donors (Lipinski definition) is 0. The van der Waals surface area contributed by atoms with Crippen molar-refractivity contribution in [3.8, 4) is 6.07 Å². The van der Waals surface area contributed by atoms with E-state index in [9.17, 15) is 23.3 Å². The lowest BCUT2D eigenvalue weighted by Crippen LogP contribution is -2.19. The van der Waals surface area contributed by atoms with Gasteiger partial charge < -0.3 is 4.90 Å². The number of nitriles is 1. The molecule has 0 bridgehead atoms. The summed E-state index contributed by atoms with van der Waals surface area (Å²) in [5.41, 5.74) is -2.10. The molecule has 0 radical (unpaired) electrons. The first-order valence-corrected chi connectivity index (χ1v) is 5.21. The molecule has 0 aliphatic carbocycles. The van der Waals surface area contributed by atoms with E-state index in [4.69, 9.17) is 5.26 Å². The largest absolute Gasteiger partial charge is 0.423 e. The fourth-order valence-electron chi connectivity index (χ4n) is 1.49. The summed E-state index contributed by atoms with van der Waals surface area (Å²) in [7, 11) is 1.51. The molecular formula is C11H10F3N3O2. The van der Waals surface area contributed by atoms with Gasteiger partial charge in [-0.1, -0.05) is 0 Å². The smallest absolute Gasteiger partial charge is 0.374 e. The molecule has 8 heteroatoms. The maximum atomic E-state index is 12.7. The molecule has 1 rings (SSSR count). The van der Waals surface area contributed by atoms with E-state index in [0.29, 0.717) is 0 Å². The summed E-state index contributed by atoms with van der Waals surface area (Å²) in [4.78, 5) is 10.9. The molecule has 0 aromatic heterocycles. The highest BCUT2D eigenvalue weighted by atomic mass is 19.4. The van der Waals surface area contributed by atoms with E-state index in [1.54, 1.807) is 0 Å². The van der Waals surface area contributed by atoms with Gasteiger partial charge in [-0.25, -0.2) is 0 Å². The van der Waals surface area contributed by atoms with Crippen LogP contribution >= 0.6 is 0 Å². The number of alkyl halides is 3. The quantitative estimate of drug-likeness (QED) is 0.624. The molecule has 1 aromatic rings. The third-order valence-corrected chi connectivity index (χ3v) is 2.48. The van der Waals surface area contributed by atoms with Crippen molar-refractivity contribution in [3.63, 3.8) is 0 Å². The second kappa shape index (κ2) is 5.56. The number of nitrogens with zero attached hydrogens (tertiary/aromatic N) is 3. The Balaban J connectivity index is 3.19. The standard InChI is InChI=1S/C11H10F3N3O2/c1-16(6-2-5-15)8-3-4-10(17(18)19)9(7-8)11(12,13)14/h3-4,7H,2,6H2,1H3. The van der Waals surface area contributed by atoms with Gasteiger partial charge in [0.1, 0.15) is 5.56 Å². The molecule has 0 spiro atoms. The second-order valence-electron chi connectivity index (χ2n) is 3.79. The van der Waals surface area contributed by atoms with E-state index in [2.05, 4.69) is 0 Å². The van der Waals surface area contributed by atoms with Crippen LogP contribution in [0.15, 0.2) is 18.2 Å². The lowest BCUT2D eigenvalue weighted by molar-refractivity contribution is -0.388. The van der Waals surface area contributed by atoms with Crippen LogP contribution in [0.2, 0.25) is 0 Å². The first kappa shape index (κ1) is 14.8. The Morgan fingerprint density at radius 2 is 2.11 bits per heavy atom. The van der Waals surface area contributed by atoms with Crippen LogP contribution < -0.4 is 4.90 Å². The molecule has 19 heavy (non-hydrogen) atoms. The maximum absolute atomic E-state index is 12.7. The van der Waals surface area contributed by atoms with Crippen LogP contribution in [0, 0.1) is 21.4 Å². The third-order valence-electron chi connectivity index (χ3n) is 2.48. The Morgan fingerprint density at radius 1 is 1.47 bits per heavy atom. The van der Waals surface area contributed by atoms with Gasteiger partial charge in [-0.3, -0.25) is 10.1 Å². The molecular weight excluding hydrogens is 263 g/mol. The van der Waals surface area contributed by atoms with Gasteiger partial charge in [-0.2, -0.15) is 18.4 Å². The van der Waals surface area contributed by atoms with E-state index in [-0.39, 0.29) is 18.7 Å². The summed E-state index contributed by atoms with van der Waals surface area (Å²) < 4.78 is 38.2. The normalized spacial score (nSPS) is 10.9. The summed E-state index contributed by atoms with van der Waals surface area (Å²) in [5.74, 6) is 0. The Kier molecular flexibility index (Phi) is 4.32. The van der Waals surface area contributed by atoms with Crippen molar-refractivity contribution in [1.82, 2.24) is 0 Å². The first-order valence-electron chi connectivity index (χ1n) is 5.21. The zero-order chi connectivity index (χ0) is 14.6. The van der Waals surface area contributed by atoms with Crippen molar-refractivity contribution in [2.45, 2.75) is 12.6 Å². The molecule has 0 atom stereocenters. The average Bonchev–Trinajstić information content (AvgIpc) is 2.34. The van der Waals surface area contributed by atoms with Crippen LogP contribution in [-0.2, 0) is 6.18 Å². The van der Waals surface area contributed by atoms with Gasteiger partial charge in [0.2, 0.25) is 0 Å².